The van der Waals surface area contributed by atoms with Crippen LogP contribution in [0.3, 0.4) is 0 Å². The number of benzene rings is 1. The van der Waals surface area contributed by atoms with Gasteiger partial charge >= 0.3 is 5.97 Å². The van der Waals surface area contributed by atoms with E-state index in [2.05, 4.69) is 15.9 Å². The molecular weight excluding hydrogens is 272 g/mol. The molecule has 16 heavy (non-hydrogen) atoms. The Morgan fingerprint density at radius 3 is 2.62 bits per heavy atom. The Morgan fingerprint density at radius 1 is 1.31 bits per heavy atom. The highest BCUT2D eigenvalue weighted by molar-refractivity contribution is 9.10. The zero-order valence-electron chi connectivity index (χ0n) is 9.03. The maximum atomic E-state index is 11.7. The summed E-state index contributed by atoms with van der Waals surface area (Å²) < 4.78 is 5.56. The predicted octanol–water partition coefficient (Wildman–Crippen LogP) is 2.98. The van der Waals surface area contributed by atoms with Crippen molar-refractivity contribution in [1.82, 2.24) is 0 Å². The van der Waals surface area contributed by atoms with E-state index in [0.717, 1.165) is 6.42 Å². The maximum Gasteiger partial charge on any atom is 0.306 e. The van der Waals surface area contributed by atoms with Gasteiger partial charge in [-0.3, -0.25) is 9.59 Å². The molecule has 4 heteroatoms. The Balaban J connectivity index is 2.54. The molecule has 0 aromatic heterocycles. The molecule has 0 bridgehead atoms. The Labute approximate surface area is 103 Å². The first-order valence-corrected chi connectivity index (χ1v) is 5.87. The molecule has 0 heterocycles. The number of esters is 1. The molecule has 86 valence electrons. The Morgan fingerprint density at radius 2 is 2.00 bits per heavy atom. The fraction of sp³-hybridized carbons (Fsp3) is 0.333. The standard InChI is InChI=1S/C12H13BrO3/c1-2-5-12(15)16-8-11(14)9-6-3-4-7-10(9)13/h3-4,6-7H,2,5,8H2,1H3. The number of carbonyl (C=O) groups is 2. The SMILES string of the molecule is CCCC(=O)OCC(=O)c1ccccc1Br. The van der Waals surface area contributed by atoms with Crippen molar-refractivity contribution in [2.24, 2.45) is 0 Å². The lowest BCUT2D eigenvalue weighted by Crippen LogP contribution is -2.14. The van der Waals surface area contributed by atoms with Crippen molar-refractivity contribution >= 4 is 27.7 Å². The largest absolute Gasteiger partial charge is 0.457 e. The van der Waals surface area contributed by atoms with Crippen LogP contribution in [0.15, 0.2) is 28.7 Å². The van der Waals surface area contributed by atoms with Crippen LogP contribution >= 0.6 is 15.9 Å². The molecule has 0 saturated carbocycles. The third kappa shape index (κ3) is 3.77. The molecule has 0 fully saturated rings. The summed E-state index contributed by atoms with van der Waals surface area (Å²) in [7, 11) is 0. The number of Topliss-reactive ketones (excluding diaryl/α,β-unsaturated/α-hetero) is 1. The van der Waals surface area contributed by atoms with Gasteiger partial charge in [-0.05, 0) is 12.5 Å². The Hall–Kier alpha value is -1.16. The van der Waals surface area contributed by atoms with Crippen molar-refractivity contribution in [2.45, 2.75) is 19.8 Å². The van der Waals surface area contributed by atoms with Crippen molar-refractivity contribution in [1.29, 1.82) is 0 Å². The van der Waals surface area contributed by atoms with Gasteiger partial charge in [0.1, 0.15) is 0 Å². The Kier molecular flexibility index (Phi) is 5.19. The van der Waals surface area contributed by atoms with Crippen molar-refractivity contribution < 1.29 is 14.3 Å². The van der Waals surface area contributed by atoms with Gasteiger partial charge in [-0.15, -0.1) is 0 Å². The molecule has 0 aliphatic heterocycles. The molecule has 0 unspecified atom stereocenters. The second-order valence-electron chi connectivity index (χ2n) is 3.31. The monoisotopic (exact) mass is 284 g/mol. The van der Waals surface area contributed by atoms with Crippen molar-refractivity contribution in [3.8, 4) is 0 Å². The van der Waals surface area contributed by atoms with Gasteiger partial charge in [0.15, 0.2) is 6.61 Å². The van der Waals surface area contributed by atoms with Crippen molar-refractivity contribution in [3.63, 3.8) is 0 Å². The quantitative estimate of drug-likeness (QED) is 0.617. The van der Waals surface area contributed by atoms with Gasteiger partial charge < -0.3 is 4.74 Å². The summed E-state index contributed by atoms with van der Waals surface area (Å²) in [5.74, 6) is -0.528. The van der Waals surface area contributed by atoms with E-state index in [9.17, 15) is 9.59 Å². The van der Waals surface area contributed by atoms with E-state index in [1.54, 1.807) is 18.2 Å². The molecular formula is C12H13BrO3. The van der Waals surface area contributed by atoms with Gasteiger partial charge in [-0.2, -0.15) is 0 Å². The van der Waals surface area contributed by atoms with E-state index < -0.39 is 0 Å². The summed E-state index contributed by atoms with van der Waals surface area (Å²) >= 11 is 3.27. The molecule has 3 nitrogen and oxygen atoms in total. The zero-order chi connectivity index (χ0) is 12.0. The van der Waals surface area contributed by atoms with E-state index in [-0.39, 0.29) is 18.4 Å². The van der Waals surface area contributed by atoms with E-state index >= 15 is 0 Å². The van der Waals surface area contributed by atoms with Gasteiger partial charge in [0.2, 0.25) is 5.78 Å². The summed E-state index contributed by atoms with van der Waals surface area (Å²) in [5, 5.41) is 0. The van der Waals surface area contributed by atoms with Crippen molar-refractivity contribution in [2.75, 3.05) is 6.61 Å². The maximum absolute atomic E-state index is 11.7. The summed E-state index contributed by atoms with van der Waals surface area (Å²) in [6, 6.07) is 7.07. The average Bonchev–Trinajstić information content (AvgIpc) is 2.27. The highest BCUT2D eigenvalue weighted by Crippen LogP contribution is 2.16. The molecule has 0 spiro atoms. The average molecular weight is 285 g/mol. The highest BCUT2D eigenvalue weighted by atomic mass is 79.9. The molecule has 0 amide bonds. The number of ether oxygens (including phenoxy) is 1. The second kappa shape index (κ2) is 6.43. The molecule has 0 aliphatic rings. The molecule has 1 rings (SSSR count). The molecule has 0 aliphatic carbocycles. The third-order valence-corrected chi connectivity index (χ3v) is 2.68. The minimum absolute atomic E-state index is 0.193. The van der Waals surface area contributed by atoms with Gasteiger partial charge in [-0.1, -0.05) is 41.1 Å². The fourth-order valence-electron chi connectivity index (χ4n) is 1.19. The van der Waals surface area contributed by atoms with Crippen LogP contribution < -0.4 is 0 Å². The summed E-state index contributed by atoms with van der Waals surface area (Å²) in [6.07, 6.45) is 1.07. The topological polar surface area (TPSA) is 43.4 Å². The normalized spacial score (nSPS) is 9.88. The van der Waals surface area contributed by atoms with E-state index in [1.807, 2.05) is 13.0 Å². The molecule has 0 atom stereocenters. The van der Waals surface area contributed by atoms with Gasteiger partial charge in [0.05, 0.1) is 0 Å². The summed E-state index contributed by atoms with van der Waals surface area (Å²) in [5.41, 5.74) is 0.534. The first kappa shape index (κ1) is 12.9. The molecule has 1 aromatic rings. The van der Waals surface area contributed by atoms with E-state index in [4.69, 9.17) is 4.74 Å². The lowest BCUT2D eigenvalue weighted by molar-refractivity contribution is -0.142. The number of hydrogen-bond acceptors (Lipinski definition) is 3. The molecule has 0 radical (unpaired) electrons. The lowest BCUT2D eigenvalue weighted by atomic mass is 10.1. The highest BCUT2D eigenvalue weighted by Gasteiger charge is 2.11. The van der Waals surface area contributed by atoms with Crippen LogP contribution in [-0.4, -0.2) is 18.4 Å². The number of rotatable bonds is 5. The van der Waals surface area contributed by atoms with Crippen LogP contribution in [0.25, 0.3) is 0 Å². The molecule has 0 N–H and O–H groups in total. The lowest BCUT2D eigenvalue weighted by Gasteiger charge is -2.04. The molecule has 0 saturated heterocycles. The number of carbonyl (C=O) groups excluding carboxylic acids is 2. The number of hydrogen-bond donors (Lipinski definition) is 0. The van der Waals surface area contributed by atoms with Crippen LogP contribution in [0.4, 0.5) is 0 Å². The second-order valence-corrected chi connectivity index (χ2v) is 4.17. The van der Waals surface area contributed by atoms with Crippen molar-refractivity contribution in [3.05, 3.63) is 34.3 Å². The first-order chi connectivity index (χ1) is 7.65. The van der Waals surface area contributed by atoms with Crippen LogP contribution in [-0.2, 0) is 9.53 Å². The summed E-state index contributed by atoms with van der Waals surface area (Å²) in [4.78, 5) is 22.7. The fourth-order valence-corrected chi connectivity index (χ4v) is 1.69. The van der Waals surface area contributed by atoms with Crippen LogP contribution in [0, 0.1) is 0 Å². The van der Waals surface area contributed by atoms with Crippen LogP contribution in [0.1, 0.15) is 30.1 Å². The molecule has 1 aromatic carbocycles. The number of ketones is 1. The first-order valence-electron chi connectivity index (χ1n) is 5.08. The van der Waals surface area contributed by atoms with Gasteiger partial charge in [0, 0.05) is 16.5 Å². The van der Waals surface area contributed by atoms with E-state index in [1.165, 1.54) is 0 Å². The van der Waals surface area contributed by atoms with Gasteiger partial charge in [-0.25, -0.2) is 0 Å². The minimum atomic E-state index is -0.331. The number of halogens is 1. The zero-order valence-corrected chi connectivity index (χ0v) is 10.6. The van der Waals surface area contributed by atoms with E-state index in [0.29, 0.717) is 16.5 Å². The predicted molar refractivity (Wildman–Crippen MR) is 64.3 cm³/mol. The smallest absolute Gasteiger partial charge is 0.306 e. The van der Waals surface area contributed by atoms with Crippen LogP contribution in [0.2, 0.25) is 0 Å². The Bertz CT molecular complexity index is 388. The minimum Gasteiger partial charge on any atom is -0.457 e. The van der Waals surface area contributed by atoms with Crippen LogP contribution in [0.5, 0.6) is 0 Å². The summed E-state index contributed by atoms with van der Waals surface area (Å²) in [6.45, 7) is 1.69. The van der Waals surface area contributed by atoms with Gasteiger partial charge in [0.25, 0.3) is 0 Å². The third-order valence-electron chi connectivity index (χ3n) is 1.99.